The van der Waals surface area contributed by atoms with Gasteiger partial charge < -0.3 is 5.32 Å². The first-order valence-electron chi connectivity index (χ1n) is 5.12. The summed E-state index contributed by atoms with van der Waals surface area (Å²) in [5, 5.41) is 6.53. The van der Waals surface area contributed by atoms with E-state index < -0.39 is 0 Å². The van der Waals surface area contributed by atoms with Crippen molar-refractivity contribution in [2.45, 2.75) is 17.3 Å². The fraction of sp³-hybridized carbons (Fsp3) is 0.333. The fourth-order valence-electron chi connectivity index (χ4n) is 1.70. The van der Waals surface area contributed by atoms with Crippen molar-refractivity contribution >= 4 is 44.6 Å². The highest BCUT2D eigenvalue weighted by atomic mass is 35.5. The number of hydrogen-bond acceptors (Lipinski definition) is 2. The van der Waals surface area contributed by atoms with Crippen LogP contribution < -0.4 is 5.32 Å². The predicted molar refractivity (Wildman–Crippen MR) is 73.9 cm³/mol. The van der Waals surface area contributed by atoms with Gasteiger partial charge in [0.25, 0.3) is 0 Å². The zero-order valence-corrected chi connectivity index (χ0v) is 11.2. The average molecular weight is 274 g/mol. The molecule has 16 heavy (non-hydrogen) atoms. The van der Waals surface area contributed by atoms with Crippen molar-refractivity contribution in [2.24, 2.45) is 0 Å². The number of halogens is 2. The zero-order chi connectivity index (χ0) is 11.5. The Morgan fingerprint density at radius 2 is 2.12 bits per heavy atom. The van der Waals surface area contributed by atoms with Crippen molar-refractivity contribution in [2.75, 3.05) is 7.05 Å². The van der Waals surface area contributed by atoms with E-state index in [4.69, 9.17) is 23.2 Å². The highest BCUT2D eigenvalue weighted by Gasteiger charge is 2.15. The van der Waals surface area contributed by atoms with Crippen molar-refractivity contribution in [3.8, 4) is 0 Å². The predicted octanol–water partition coefficient (Wildman–Crippen LogP) is 3.84. The van der Waals surface area contributed by atoms with Crippen molar-refractivity contribution < 1.29 is 0 Å². The SMILES string of the molecule is CNC(Cc1ccc2ccsc2c1)C(Cl)Cl. The molecule has 1 N–H and O–H groups in total. The second-order valence-electron chi connectivity index (χ2n) is 3.73. The van der Waals surface area contributed by atoms with E-state index in [2.05, 4.69) is 35.0 Å². The Labute approximate surface area is 109 Å². The molecule has 0 spiro atoms. The van der Waals surface area contributed by atoms with Crippen LogP contribution in [-0.4, -0.2) is 17.9 Å². The summed E-state index contributed by atoms with van der Waals surface area (Å²) in [7, 11) is 1.88. The first-order chi connectivity index (χ1) is 7.70. The standard InChI is InChI=1S/C12H13Cl2NS/c1-15-10(12(13)14)6-8-2-3-9-4-5-16-11(9)7-8/h2-5,7,10,12,15H,6H2,1H3. The molecule has 0 fully saturated rings. The summed E-state index contributed by atoms with van der Waals surface area (Å²) in [5.41, 5.74) is 1.26. The monoisotopic (exact) mass is 273 g/mol. The molecule has 0 aliphatic carbocycles. The Hall–Kier alpha value is -0.280. The normalized spacial score (nSPS) is 13.5. The van der Waals surface area contributed by atoms with E-state index in [9.17, 15) is 0 Å². The third-order valence-electron chi connectivity index (χ3n) is 2.65. The molecule has 0 amide bonds. The molecule has 4 heteroatoms. The van der Waals surface area contributed by atoms with Gasteiger partial charge in [-0.1, -0.05) is 12.1 Å². The largest absolute Gasteiger partial charge is 0.314 e. The van der Waals surface area contributed by atoms with Crippen LogP contribution in [0, 0.1) is 0 Å². The smallest absolute Gasteiger partial charge is 0.123 e. The molecule has 0 aliphatic heterocycles. The number of likely N-dealkylation sites (N-methyl/N-ethyl adjacent to an activating group) is 1. The lowest BCUT2D eigenvalue weighted by atomic mass is 10.1. The lowest BCUT2D eigenvalue weighted by Crippen LogP contribution is -2.33. The summed E-state index contributed by atoms with van der Waals surface area (Å²) in [6.07, 6.45) is 0.849. The summed E-state index contributed by atoms with van der Waals surface area (Å²) in [6, 6.07) is 8.72. The van der Waals surface area contributed by atoms with Crippen LogP contribution in [0.5, 0.6) is 0 Å². The molecule has 2 aromatic rings. The number of nitrogens with one attached hydrogen (secondary N) is 1. The number of alkyl halides is 2. The van der Waals surface area contributed by atoms with E-state index in [0.29, 0.717) is 0 Å². The lowest BCUT2D eigenvalue weighted by Gasteiger charge is -2.16. The van der Waals surface area contributed by atoms with Crippen LogP contribution in [0.2, 0.25) is 0 Å². The van der Waals surface area contributed by atoms with Gasteiger partial charge in [-0.05, 0) is 41.9 Å². The van der Waals surface area contributed by atoms with Gasteiger partial charge in [-0.3, -0.25) is 0 Å². The molecule has 0 radical (unpaired) electrons. The van der Waals surface area contributed by atoms with Gasteiger partial charge >= 0.3 is 0 Å². The van der Waals surface area contributed by atoms with Crippen LogP contribution in [0.1, 0.15) is 5.56 Å². The minimum atomic E-state index is -0.385. The van der Waals surface area contributed by atoms with Crippen molar-refractivity contribution in [1.82, 2.24) is 5.32 Å². The van der Waals surface area contributed by atoms with Crippen LogP contribution in [-0.2, 0) is 6.42 Å². The third-order valence-corrected chi connectivity index (χ3v) is 4.14. The summed E-state index contributed by atoms with van der Waals surface area (Å²) in [5.74, 6) is 0. The minimum absolute atomic E-state index is 0.0979. The second-order valence-corrected chi connectivity index (χ2v) is 5.84. The van der Waals surface area contributed by atoms with Crippen molar-refractivity contribution in [3.63, 3.8) is 0 Å². The molecule has 1 nitrogen and oxygen atoms in total. The van der Waals surface area contributed by atoms with E-state index >= 15 is 0 Å². The molecule has 0 saturated carbocycles. The highest BCUT2D eigenvalue weighted by Crippen LogP contribution is 2.23. The van der Waals surface area contributed by atoms with Crippen LogP contribution in [0.15, 0.2) is 29.6 Å². The van der Waals surface area contributed by atoms with Gasteiger partial charge in [-0.15, -0.1) is 34.5 Å². The van der Waals surface area contributed by atoms with Gasteiger partial charge in [0.15, 0.2) is 0 Å². The molecule has 1 atom stereocenters. The lowest BCUT2D eigenvalue weighted by molar-refractivity contribution is 0.593. The van der Waals surface area contributed by atoms with Gasteiger partial charge in [-0.2, -0.15) is 0 Å². The minimum Gasteiger partial charge on any atom is -0.314 e. The third kappa shape index (κ3) is 2.69. The molecule has 1 unspecified atom stereocenters. The summed E-state index contributed by atoms with van der Waals surface area (Å²) >= 11 is 13.6. The maximum Gasteiger partial charge on any atom is 0.123 e. The molecular formula is C12H13Cl2NS. The molecule has 1 aromatic carbocycles. The first kappa shape index (κ1) is 12.2. The van der Waals surface area contributed by atoms with Crippen LogP contribution in [0.25, 0.3) is 10.1 Å². The van der Waals surface area contributed by atoms with Gasteiger partial charge in [0, 0.05) is 10.7 Å². The Morgan fingerprint density at radius 3 is 2.81 bits per heavy atom. The topological polar surface area (TPSA) is 12.0 Å². The fourth-order valence-corrected chi connectivity index (χ4v) is 2.98. The molecule has 0 saturated heterocycles. The Bertz CT molecular complexity index is 467. The van der Waals surface area contributed by atoms with Gasteiger partial charge in [0.2, 0.25) is 0 Å². The van der Waals surface area contributed by atoms with E-state index in [1.54, 1.807) is 11.3 Å². The van der Waals surface area contributed by atoms with Crippen LogP contribution >= 0.6 is 34.5 Å². The molecule has 0 bridgehead atoms. The van der Waals surface area contributed by atoms with E-state index in [1.807, 2.05) is 7.05 Å². The van der Waals surface area contributed by atoms with Gasteiger partial charge in [0.1, 0.15) is 4.84 Å². The maximum atomic E-state index is 5.90. The number of benzene rings is 1. The molecular weight excluding hydrogens is 261 g/mol. The highest BCUT2D eigenvalue weighted by molar-refractivity contribution is 7.17. The number of rotatable bonds is 4. The molecule has 86 valence electrons. The van der Waals surface area contributed by atoms with Crippen LogP contribution in [0.4, 0.5) is 0 Å². The zero-order valence-electron chi connectivity index (χ0n) is 8.91. The van der Waals surface area contributed by atoms with E-state index in [0.717, 1.165) is 6.42 Å². The Kier molecular flexibility index (Phi) is 4.09. The van der Waals surface area contributed by atoms with Crippen LogP contribution in [0.3, 0.4) is 0 Å². The molecule has 0 aliphatic rings. The van der Waals surface area contributed by atoms with E-state index in [-0.39, 0.29) is 10.9 Å². The van der Waals surface area contributed by atoms with Gasteiger partial charge in [-0.25, -0.2) is 0 Å². The maximum absolute atomic E-state index is 5.90. The Balaban J connectivity index is 2.19. The van der Waals surface area contributed by atoms with E-state index in [1.165, 1.54) is 15.6 Å². The number of thiophene rings is 1. The molecule has 2 rings (SSSR count). The molecule has 1 heterocycles. The number of hydrogen-bond donors (Lipinski definition) is 1. The van der Waals surface area contributed by atoms with Crippen molar-refractivity contribution in [3.05, 3.63) is 35.2 Å². The Morgan fingerprint density at radius 1 is 1.31 bits per heavy atom. The average Bonchev–Trinajstić information content (AvgIpc) is 2.72. The molecule has 1 aromatic heterocycles. The quantitative estimate of drug-likeness (QED) is 0.835. The first-order valence-corrected chi connectivity index (χ1v) is 6.87. The summed E-state index contributed by atoms with van der Waals surface area (Å²) < 4.78 is 1.31. The van der Waals surface area contributed by atoms with Crippen molar-refractivity contribution in [1.29, 1.82) is 0 Å². The summed E-state index contributed by atoms with van der Waals surface area (Å²) in [4.78, 5) is -0.385. The van der Waals surface area contributed by atoms with Gasteiger partial charge in [0.05, 0.1) is 0 Å². The second kappa shape index (κ2) is 5.37. The summed E-state index contributed by atoms with van der Waals surface area (Å²) in [6.45, 7) is 0. The number of fused-ring (bicyclic) bond motifs is 1.